The number of hydrogen-bond donors (Lipinski definition) is 0. The van der Waals surface area contributed by atoms with Crippen LogP contribution in [0, 0.1) is 5.92 Å². The van der Waals surface area contributed by atoms with Crippen LogP contribution in [0.3, 0.4) is 0 Å². The van der Waals surface area contributed by atoms with Gasteiger partial charge in [0, 0.05) is 26.1 Å². The van der Waals surface area contributed by atoms with Crippen LogP contribution in [0.4, 0.5) is 10.6 Å². The number of aromatic nitrogens is 1. The van der Waals surface area contributed by atoms with Crippen LogP contribution < -0.4 is 9.64 Å². The quantitative estimate of drug-likeness (QED) is 0.774. The van der Waals surface area contributed by atoms with Gasteiger partial charge in [-0.05, 0) is 63.5 Å². The molecule has 0 spiro atoms. The Bertz CT molecular complexity index is 709. The number of nitrogens with zero attached hydrogens (tertiary/aromatic N) is 3. The SMILES string of the molecule is CC1(OC(=O)N2CCC(COc3ccc(N4CCCCC4=O)nc3)CC2)CC1. The first kappa shape index (κ1) is 19.0. The van der Waals surface area contributed by atoms with Crippen molar-refractivity contribution in [3.05, 3.63) is 18.3 Å². The highest BCUT2D eigenvalue weighted by Crippen LogP contribution is 2.39. The van der Waals surface area contributed by atoms with Gasteiger partial charge < -0.3 is 14.4 Å². The van der Waals surface area contributed by atoms with Gasteiger partial charge in [-0.15, -0.1) is 0 Å². The van der Waals surface area contributed by atoms with Gasteiger partial charge in [-0.25, -0.2) is 9.78 Å². The van der Waals surface area contributed by atoms with Gasteiger partial charge in [-0.1, -0.05) is 0 Å². The number of likely N-dealkylation sites (tertiary alicyclic amines) is 1. The second-order valence-electron chi connectivity index (χ2n) is 8.41. The molecule has 7 heteroatoms. The molecule has 0 unspecified atom stereocenters. The van der Waals surface area contributed by atoms with Crippen molar-refractivity contribution >= 4 is 17.8 Å². The van der Waals surface area contributed by atoms with Crippen molar-refractivity contribution in [3.8, 4) is 5.75 Å². The summed E-state index contributed by atoms with van der Waals surface area (Å²) in [7, 11) is 0. The molecule has 3 heterocycles. The lowest BCUT2D eigenvalue weighted by atomic mass is 9.98. The Kier molecular flexibility index (Phi) is 5.42. The number of piperidine rings is 2. The zero-order valence-corrected chi connectivity index (χ0v) is 16.6. The van der Waals surface area contributed by atoms with Crippen molar-refractivity contribution < 1.29 is 19.1 Å². The van der Waals surface area contributed by atoms with Crippen molar-refractivity contribution in [1.29, 1.82) is 0 Å². The first-order chi connectivity index (χ1) is 13.5. The monoisotopic (exact) mass is 387 g/mol. The van der Waals surface area contributed by atoms with E-state index >= 15 is 0 Å². The minimum atomic E-state index is -0.213. The molecule has 4 rings (SSSR count). The molecule has 0 bridgehead atoms. The highest BCUT2D eigenvalue weighted by Gasteiger charge is 2.43. The fourth-order valence-electron chi connectivity index (χ4n) is 3.72. The molecule has 0 atom stereocenters. The highest BCUT2D eigenvalue weighted by atomic mass is 16.6. The van der Waals surface area contributed by atoms with Gasteiger partial charge in [-0.3, -0.25) is 9.69 Å². The van der Waals surface area contributed by atoms with Gasteiger partial charge in [0.1, 0.15) is 17.2 Å². The normalized spacial score (nSPS) is 22.1. The van der Waals surface area contributed by atoms with Crippen molar-refractivity contribution in [2.24, 2.45) is 5.92 Å². The largest absolute Gasteiger partial charge is 0.492 e. The van der Waals surface area contributed by atoms with E-state index in [2.05, 4.69) is 4.98 Å². The van der Waals surface area contributed by atoms with Gasteiger partial charge in [0.15, 0.2) is 0 Å². The second-order valence-corrected chi connectivity index (χ2v) is 8.41. The third kappa shape index (κ3) is 4.56. The van der Waals surface area contributed by atoms with E-state index in [0.717, 1.165) is 63.9 Å². The van der Waals surface area contributed by atoms with Gasteiger partial charge >= 0.3 is 6.09 Å². The van der Waals surface area contributed by atoms with Gasteiger partial charge in [-0.2, -0.15) is 0 Å². The van der Waals surface area contributed by atoms with Crippen LogP contribution in [0.25, 0.3) is 0 Å². The summed E-state index contributed by atoms with van der Waals surface area (Å²) in [6.45, 7) is 4.79. The van der Waals surface area contributed by atoms with Crippen molar-refractivity contribution in [3.63, 3.8) is 0 Å². The fourth-order valence-corrected chi connectivity index (χ4v) is 3.72. The molecule has 28 heavy (non-hydrogen) atoms. The smallest absolute Gasteiger partial charge is 0.410 e. The topological polar surface area (TPSA) is 72.0 Å². The van der Waals surface area contributed by atoms with E-state index in [-0.39, 0.29) is 17.6 Å². The molecule has 0 aromatic carbocycles. The Morgan fingerprint density at radius 3 is 2.64 bits per heavy atom. The maximum absolute atomic E-state index is 12.2. The molecule has 1 aromatic rings. The molecule has 2 saturated heterocycles. The summed E-state index contributed by atoms with van der Waals surface area (Å²) in [4.78, 5) is 32.1. The number of rotatable bonds is 5. The van der Waals surface area contributed by atoms with Crippen molar-refractivity contribution in [2.45, 2.75) is 57.5 Å². The molecule has 1 saturated carbocycles. The average molecular weight is 387 g/mol. The van der Waals surface area contributed by atoms with Crippen LogP contribution in [0.15, 0.2) is 18.3 Å². The number of amides is 2. The third-order valence-electron chi connectivity index (χ3n) is 5.97. The molecule has 3 aliphatic rings. The Labute approximate surface area is 166 Å². The molecule has 3 fully saturated rings. The first-order valence-corrected chi connectivity index (χ1v) is 10.4. The van der Waals surface area contributed by atoms with E-state index in [0.29, 0.717) is 24.8 Å². The molecule has 0 radical (unpaired) electrons. The summed E-state index contributed by atoms with van der Waals surface area (Å²) in [6, 6.07) is 3.74. The minimum Gasteiger partial charge on any atom is -0.492 e. The number of carbonyl (C=O) groups is 2. The van der Waals surface area contributed by atoms with Crippen LogP contribution in [-0.4, -0.2) is 53.7 Å². The van der Waals surface area contributed by atoms with E-state index < -0.39 is 0 Å². The Hall–Kier alpha value is -2.31. The van der Waals surface area contributed by atoms with Gasteiger partial charge in [0.25, 0.3) is 0 Å². The summed E-state index contributed by atoms with van der Waals surface area (Å²) < 4.78 is 11.4. The molecule has 0 N–H and O–H groups in total. The summed E-state index contributed by atoms with van der Waals surface area (Å²) in [5.74, 6) is 1.99. The molecule has 152 valence electrons. The van der Waals surface area contributed by atoms with Crippen LogP contribution >= 0.6 is 0 Å². The Balaban J connectivity index is 1.21. The van der Waals surface area contributed by atoms with E-state index in [1.807, 2.05) is 24.0 Å². The summed E-state index contributed by atoms with van der Waals surface area (Å²) >= 11 is 0. The van der Waals surface area contributed by atoms with Crippen molar-refractivity contribution in [1.82, 2.24) is 9.88 Å². The molecular formula is C21H29N3O4. The minimum absolute atomic E-state index is 0.147. The lowest BCUT2D eigenvalue weighted by Gasteiger charge is -2.32. The first-order valence-electron chi connectivity index (χ1n) is 10.4. The van der Waals surface area contributed by atoms with Gasteiger partial charge in [0.05, 0.1) is 12.8 Å². The van der Waals surface area contributed by atoms with Crippen LogP contribution in [-0.2, 0) is 9.53 Å². The predicted molar refractivity (Wildman–Crippen MR) is 104 cm³/mol. The highest BCUT2D eigenvalue weighted by molar-refractivity contribution is 5.93. The summed E-state index contributed by atoms with van der Waals surface area (Å²) in [5.41, 5.74) is -0.213. The lowest BCUT2D eigenvalue weighted by Crippen LogP contribution is -2.41. The lowest BCUT2D eigenvalue weighted by molar-refractivity contribution is -0.119. The third-order valence-corrected chi connectivity index (χ3v) is 5.97. The van der Waals surface area contributed by atoms with E-state index in [9.17, 15) is 9.59 Å². The fraction of sp³-hybridized carbons (Fsp3) is 0.667. The van der Waals surface area contributed by atoms with E-state index in [4.69, 9.17) is 9.47 Å². The van der Waals surface area contributed by atoms with Crippen LogP contribution in [0.2, 0.25) is 0 Å². The number of ether oxygens (including phenoxy) is 2. The molecule has 1 aliphatic carbocycles. The standard InChI is InChI=1S/C21H29N3O4/c1-21(9-10-21)28-20(26)23-12-7-16(8-13-23)15-27-17-5-6-18(22-14-17)24-11-3-2-4-19(24)25/h5-6,14,16H,2-4,7-13,15H2,1H3. The maximum atomic E-state index is 12.2. The molecular weight excluding hydrogens is 358 g/mol. The molecule has 2 aliphatic heterocycles. The number of hydrogen-bond acceptors (Lipinski definition) is 5. The molecule has 7 nitrogen and oxygen atoms in total. The molecule has 2 amide bonds. The number of carbonyl (C=O) groups excluding carboxylic acids is 2. The van der Waals surface area contributed by atoms with Crippen LogP contribution in [0.1, 0.15) is 51.9 Å². The summed E-state index contributed by atoms with van der Waals surface area (Å²) in [6.07, 6.45) is 7.89. The van der Waals surface area contributed by atoms with Gasteiger partial charge in [0.2, 0.25) is 5.91 Å². The molecule has 1 aromatic heterocycles. The number of pyridine rings is 1. The van der Waals surface area contributed by atoms with E-state index in [1.54, 1.807) is 11.1 Å². The Morgan fingerprint density at radius 2 is 2.00 bits per heavy atom. The summed E-state index contributed by atoms with van der Waals surface area (Å²) in [5, 5.41) is 0. The Morgan fingerprint density at radius 1 is 1.21 bits per heavy atom. The average Bonchev–Trinajstić information content (AvgIpc) is 3.44. The zero-order chi connectivity index (χ0) is 19.6. The number of anilines is 1. The van der Waals surface area contributed by atoms with E-state index in [1.165, 1.54) is 0 Å². The predicted octanol–water partition coefficient (Wildman–Crippen LogP) is 3.38. The second kappa shape index (κ2) is 7.97. The zero-order valence-electron chi connectivity index (χ0n) is 16.6. The van der Waals surface area contributed by atoms with Crippen LogP contribution in [0.5, 0.6) is 5.75 Å². The van der Waals surface area contributed by atoms with Crippen molar-refractivity contribution in [2.75, 3.05) is 31.1 Å². The maximum Gasteiger partial charge on any atom is 0.410 e.